The number of anilines is 2. The highest BCUT2D eigenvalue weighted by Gasteiger charge is 2.36. The SMILES string of the molecule is COc1ccccc1N1CC(C(=O)Nc2ccc(-n3ccnc3)c(Cl)c2)CC1=O. The van der Waals surface area contributed by atoms with Gasteiger partial charge in [0.05, 0.1) is 35.8 Å². The van der Waals surface area contributed by atoms with E-state index in [0.717, 1.165) is 5.69 Å². The van der Waals surface area contributed by atoms with Crippen LogP contribution >= 0.6 is 11.6 Å². The number of hydrogen-bond acceptors (Lipinski definition) is 4. The molecule has 0 radical (unpaired) electrons. The van der Waals surface area contributed by atoms with Crippen LogP contribution < -0.4 is 15.0 Å². The molecule has 8 heteroatoms. The van der Waals surface area contributed by atoms with Crippen LogP contribution in [0, 0.1) is 5.92 Å². The second kappa shape index (κ2) is 7.97. The van der Waals surface area contributed by atoms with Gasteiger partial charge in [-0.3, -0.25) is 9.59 Å². The zero-order valence-corrected chi connectivity index (χ0v) is 16.5. The quantitative estimate of drug-likeness (QED) is 0.698. The standard InChI is InChI=1S/C21H19ClN4O3/c1-29-19-5-3-2-4-18(19)26-12-14(10-20(26)27)21(28)24-15-6-7-17(16(22)11-15)25-9-8-23-13-25/h2-9,11,13-14H,10,12H2,1H3,(H,24,28). The normalized spacial score (nSPS) is 16.1. The topological polar surface area (TPSA) is 76.5 Å². The van der Waals surface area contributed by atoms with Gasteiger partial charge < -0.3 is 19.5 Å². The first kappa shape index (κ1) is 19.0. The van der Waals surface area contributed by atoms with Crippen LogP contribution in [0.15, 0.2) is 61.2 Å². The second-order valence-corrected chi connectivity index (χ2v) is 7.11. The zero-order chi connectivity index (χ0) is 20.4. The van der Waals surface area contributed by atoms with Crippen molar-refractivity contribution in [3.63, 3.8) is 0 Å². The molecule has 0 bridgehead atoms. The molecule has 1 saturated heterocycles. The summed E-state index contributed by atoms with van der Waals surface area (Å²) in [5.41, 5.74) is 2.01. The predicted molar refractivity (Wildman–Crippen MR) is 111 cm³/mol. The molecule has 2 heterocycles. The van der Waals surface area contributed by atoms with Crippen molar-refractivity contribution in [2.75, 3.05) is 23.9 Å². The van der Waals surface area contributed by atoms with Gasteiger partial charge in [-0.2, -0.15) is 0 Å². The molecule has 4 rings (SSSR count). The minimum Gasteiger partial charge on any atom is -0.495 e. The summed E-state index contributed by atoms with van der Waals surface area (Å²) in [6.45, 7) is 0.298. The van der Waals surface area contributed by atoms with Crippen molar-refractivity contribution in [1.29, 1.82) is 0 Å². The number of aromatic nitrogens is 2. The van der Waals surface area contributed by atoms with Crippen molar-refractivity contribution in [3.05, 3.63) is 66.2 Å². The molecule has 2 aromatic carbocycles. The van der Waals surface area contributed by atoms with E-state index in [-0.39, 0.29) is 18.2 Å². The Hall–Kier alpha value is -3.32. The third-order valence-corrected chi connectivity index (χ3v) is 5.17. The number of carbonyl (C=O) groups is 2. The first-order chi connectivity index (χ1) is 14.1. The van der Waals surface area contributed by atoms with E-state index in [9.17, 15) is 9.59 Å². The van der Waals surface area contributed by atoms with Gasteiger partial charge in [0.1, 0.15) is 5.75 Å². The molecule has 2 amide bonds. The van der Waals surface area contributed by atoms with Gasteiger partial charge in [-0.15, -0.1) is 0 Å². The number of carbonyl (C=O) groups excluding carboxylic acids is 2. The lowest BCUT2D eigenvalue weighted by molar-refractivity contribution is -0.122. The number of halogens is 1. The first-order valence-electron chi connectivity index (χ1n) is 9.09. The molecule has 1 aliphatic rings. The molecule has 1 atom stereocenters. The Kier molecular flexibility index (Phi) is 5.22. The van der Waals surface area contributed by atoms with Gasteiger partial charge in [0.25, 0.3) is 0 Å². The van der Waals surface area contributed by atoms with Crippen molar-refractivity contribution < 1.29 is 14.3 Å². The Morgan fingerprint density at radius 2 is 2.07 bits per heavy atom. The van der Waals surface area contributed by atoms with Crippen LogP contribution in [0.2, 0.25) is 5.02 Å². The molecular formula is C21H19ClN4O3. The number of hydrogen-bond donors (Lipinski definition) is 1. The van der Waals surface area contributed by atoms with E-state index in [1.807, 2.05) is 18.2 Å². The van der Waals surface area contributed by atoms with Crippen molar-refractivity contribution in [3.8, 4) is 11.4 Å². The van der Waals surface area contributed by atoms with Crippen LogP contribution in [-0.2, 0) is 9.59 Å². The Bertz CT molecular complexity index is 1050. The van der Waals surface area contributed by atoms with E-state index in [4.69, 9.17) is 16.3 Å². The van der Waals surface area contributed by atoms with E-state index in [2.05, 4.69) is 10.3 Å². The molecule has 3 aromatic rings. The van der Waals surface area contributed by atoms with E-state index in [1.54, 1.807) is 59.6 Å². The highest BCUT2D eigenvalue weighted by molar-refractivity contribution is 6.32. The fourth-order valence-electron chi connectivity index (χ4n) is 3.41. The average molecular weight is 411 g/mol. The summed E-state index contributed by atoms with van der Waals surface area (Å²) in [4.78, 5) is 30.8. The Balaban J connectivity index is 1.47. The molecule has 7 nitrogen and oxygen atoms in total. The van der Waals surface area contributed by atoms with Gasteiger partial charge in [0.2, 0.25) is 11.8 Å². The average Bonchev–Trinajstić information content (AvgIpc) is 3.38. The van der Waals surface area contributed by atoms with Gasteiger partial charge in [-0.25, -0.2) is 4.98 Å². The highest BCUT2D eigenvalue weighted by Crippen LogP contribution is 2.33. The molecule has 148 valence electrons. The van der Waals surface area contributed by atoms with E-state index in [1.165, 1.54) is 0 Å². The number of nitrogens with zero attached hydrogens (tertiary/aromatic N) is 3. The van der Waals surface area contributed by atoms with Crippen LogP contribution in [0.4, 0.5) is 11.4 Å². The third-order valence-electron chi connectivity index (χ3n) is 4.87. The predicted octanol–water partition coefficient (Wildman–Crippen LogP) is 3.53. The summed E-state index contributed by atoms with van der Waals surface area (Å²) in [6, 6.07) is 12.5. The molecular weight excluding hydrogens is 392 g/mol. The first-order valence-corrected chi connectivity index (χ1v) is 9.46. The maximum atomic E-state index is 12.7. The van der Waals surface area contributed by atoms with E-state index in [0.29, 0.717) is 28.7 Å². The van der Waals surface area contributed by atoms with Gasteiger partial charge in [-0.1, -0.05) is 23.7 Å². The van der Waals surface area contributed by atoms with Gasteiger partial charge in [0, 0.05) is 31.0 Å². The van der Waals surface area contributed by atoms with Crippen LogP contribution in [0.25, 0.3) is 5.69 Å². The molecule has 0 spiro atoms. The molecule has 0 saturated carbocycles. The number of benzene rings is 2. The van der Waals surface area contributed by atoms with Gasteiger partial charge >= 0.3 is 0 Å². The van der Waals surface area contributed by atoms with Crippen LogP contribution in [0.1, 0.15) is 6.42 Å². The maximum Gasteiger partial charge on any atom is 0.229 e. The van der Waals surface area contributed by atoms with Crippen molar-refractivity contribution in [2.24, 2.45) is 5.92 Å². The van der Waals surface area contributed by atoms with E-state index < -0.39 is 5.92 Å². The smallest absolute Gasteiger partial charge is 0.229 e. The summed E-state index contributed by atoms with van der Waals surface area (Å²) < 4.78 is 7.12. The summed E-state index contributed by atoms with van der Waals surface area (Å²) in [5.74, 6) is -0.186. The van der Waals surface area contributed by atoms with Crippen LogP contribution in [0.3, 0.4) is 0 Å². The molecule has 0 aliphatic carbocycles. The summed E-state index contributed by atoms with van der Waals surface area (Å²) in [5, 5.41) is 3.35. The van der Waals surface area contributed by atoms with Crippen LogP contribution in [-0.4, -0.2) is 35.0 Å². The summed E-state index contributed by atoms with van der Waals surface area (Å²) >= 11 is 6.35. The number of ether oxygens (including phenoxy) is 1. The number of amides is 2. The lowest BCUT2D eigenvalue weighted by Crippen LogP contribution is -2.28. The number of nitrogens with one attached hydrogen (secondary N) is 1. The minimum atomic E-state index is -0.459. The third kappa shape index (κ3) is 3.82. The summed E-state index contributed by atoms with van der Waals surface area (Å²) in [6.07, 6.45) is 5.24. The number of methoxy groups -OCH3 is 1. The largest absolute Gasteiger partial charge is 0.495 e. The molecule has 29 heavy (non-hydrogen) atoms. The zero-order valence-electron chi connectivity index (χ0n) is 15.7. The van der Waals surface area contributed by atoms with Gasteiger partial charge in [0.15, 0.2) is 0 Å². The van der Waals surface area contributed by atoms with E-state index >= 15 is 0 Å². The number of imidazole rings is 1. The van der Waals surface area contributed by atoms with Crippen molar-refractivity contribution in [2.45, 2.75) is 6.42 Å². The molecule has 1 aromatic heterocycles. The lowest BCUT2D eigenvalue weighted by Gasteiger charge is -2.19. The minimum absolute atomic E-state index is 0.108. The van der Waals surface area contributed by atoms with Crippen LogP contribution in [0.5, 0.6) is 5.75 Å². The maximum absolute atomic E-state index is 12.7. The monoisotopic (exact) mass is 410 g/mol. The summed E-state index contributed by atoms with van der Waals surface area (Å²) in [7, 11) is 1.56. The Labute approximate surface area is 172 Å². The molecule has 1 unspecified atom stereocenters. The lowest BCUT2D eigenvalue weighted by atomic mass is 10.1. The Morgan fingerprint density at radius 1 is 1.24 bits per heavy atom. The van der Waals surface area contributed by atoms with Crippen molar-refractivity contribution in [1.82, 2.24) is 9.55 Å². The number of rotatable bonds is 5. The van der Waals surface area contributed by atoms with Gasteiger partial charge in [-0.05, 0) is 30.3 Å². The highest BCUT2D eigenvalue weighted by atomic mass is 35.5. The molecule has 1 N–H and O–H groups in total. The fraction of sp³-hybridized carbons (Fsp3) is 0.190. The molecule has 1 fully saturated rings. The Morgan fingerprint density at radius 3 is 2.79 bits per heavy atom. The van der Waals surface area contributed by atoms with Crippen molar-refractivity contribution >= 4 is 34.8 Å². The second-order valence-electron chi connectivity index (χ2n) is 6.70. The molecule has 1 aliphatic heterocycles. The number of para-hydroxylation sites is 2. The fourth-order valence-corrected chi connectivity index (χ4v) is 3.69.